The van der Waals surface area contributed by atoms with Gasteiger partial charge in [0.25, 0.3) is 5.91 Å². The summed E-state index contributed by atoms with van der Waals surface area (Å²) >= 11 is 0. The molecule has 0 bridgehead atoms. The van der Waals surface area contributed by atoms with Crippen LogP contribution < -0.4 is 9.62 Å². The number of hydrogen-bond donors (Lipinski definition) is 1. The predicted molar refractivity (Wildman–Crippen MR) is 109 cm³/mol. The maximum Gasteiger partial charge on any atom is 0.252 e. The Morgan fingerprint density at radius 2 is 1.85 bits per heavy atom. The molecule has 3 rings (SSSR count). The lowest BCUT2D eigenvalue weighted by atomic mass is 10.0. The van der Waals surface area contributed by atoms with E-state index in [4.69, 9.17) is 0 Å². The topological polar surface area (TPSA) is 66.5 Å². The fourth-order valence-electron chi connectivity index (χ4n) is 3.61. The standard InChI is InChI=1S/C21H26N2O3S/c1-14-19(9-6-10-20(14)23(3)27(4,25)26)21(24)22-15(2)17-12-11-16-7-5-8-18(16)13-17/h6,9-13,15H,5,7-8H2,1-4H3,(H,22,24)/t15-/m1/s1. The van der Waals surface area contributed by atoms with Crippen LogP contribution in [0, 0.1) is 6.92 Å². The summed E-state index contributed by atoms with van der Waals surface area (Å²) in [5, 5.41) is 3.04. The van der Waals surface area contributed by atoms with Gasteiger partial charge in [-0.15, -0.1) is 0 Å². The normalized spacial score (nSPS) is 14.5. The van der Waals surface area contributed by atoms with Crippen LogP contribution in [0.5, 0.6) is 0 Å². The number of benzene rings is 2. The third-order valence-electron chi connectivity index (χ3n) is 5.36. The second-order valence-corrected chi connectivity index (χ2v) is 9.27. The number of sulfonamides is 1. The highest BCUT2D eigenvalue weighted by molar-refractivity contribution is 7.92. The van der Waals surface area contributed by atoms with Crippen molar-refractivity contribution in [3.05, 3.63) is 64.2 Å². The van der Waals surface area contributed by atoms with E-state index in [0.29, 0.717) is 16.8 Å². The molecule has 27 heavy (non-hydrogen) atoms. The van der Waals surface area contributed by atoms with Crippen molar-refractivity contribution in [1.82, 2.24) is 5.32 Å². The molecule has 1 N–H and O–H groups in total. The summed E-state index contributed by atoms with van der Waals surface area (Å²) in [6.07, 6.45) is 4.58. The maximum absolute atomic E-state index is 12.8. The molecule has 0 aliphatic heterocycles. The van der Waals surface area contributed by atoms with Gasteiger partial charge in [0.2, 0.25) is 10.0 Å². The average molecular weight is 387 g/mol. The summed E-state index contributed by atoms with van der Waals surface area (Å²) in [5.74, 6) is -0.204. The van der Waals surface area contributed by atoms with Crippen molar-refractivity contribution < 1.29 is 13.2 Å². The van der Waals surface area contributed by atoms with Crippen molar-refractivity contribution in [2.24, 2.45) is 0 Å². The van der Waals surface area contributed by atoms with E-state index >= 15 is 0 Å². The zero-order chi connectivity index (χ0) is 19.8. The molecule has 0 radical (unpaired) electrons. The van der Waals surface area contributed by atoms with Gasteiger partial charge in [-0.05, 0) is 67.5 Å². The first-order valence-corrected chi connectivity index (χ1v) is 11.0. The third kappa shape index (κ3) is 4.00. The first-order chi connectivity index (χ1) is 12.7. The SMILES string of the molecule is Cc1c(C(=O)N[C@H](C)c2ccc3c(c2)CCC3)cccc1N(C)S(C)(=O)=O. The zero-order valence-electron chi connectivity index (χ0n) is 16.2. The van der Waals surface area contributed by atoms with Gasteiger partial charge >= 0.3 is 0 Å². The molecule has 6 heteroatoms. The van der Waals surface area contributed by atoms with Crippen molar-refractivity contribution in [3.8, 4) is 0 Å². The number of hydrogen-bond acceptors (Lipinski definition) is 3. The molecule has 2 aromatic rings. The number of carbonyl (C=O) groups excluding carboxylic acids is 1. The Morgan fingerprint density at radius 3 is 2.56 bits per heavy atom. The van der Waals surface area contributed by atoms with Gasteiger partial charge in [-0.1, -0.05) is 24.3 Å². The number of rotatable bonds is 5. The van der Waals surface area contributed by atoms with E-state index in [2.05, 4.69) is 23.5 Å². The van der Waals surface area contributed by atoms with Crippen LogP contribution in [0.2, 0.25) is 0 Å². The van der Waals surface area contributed by atoms with E-state index in [1.807, 2.05) is 6.92 Å². The highest BCUT2D eigenvalue weighted by Gasteiger charge is 2.20. The second-order valence-electron chi connectivity index (χ2n) is 7.26. The van der Waals surface area contributed by atoms with Gasteiger partial charge in [0.1, 0.15) is 0 Å². The van der Waals surface area contributed by atoms with Crippen molar-refractivity contribution in [2.75, 3.05) is 17.6 Å². The highest BCUT2D eigenvalue weighted by Crippen LogP contribution is 2.27. The number of nitrogens with zero attached hydrogens (tertiary/aromatic N) is 1. The van der Waals surface area contributed by atoms with Crippen LogP contribution in [-0.4, -0.2) is 27.6 Å². The molecule has 0 saturated carbocycles. The maximum atomic E-state index is 12.8. The molecule has 1 aliphatic carbocycles. The number of nitrogens with one attached hydrogen (secondary N) is 1. The first-order valence-electron chi connectivity index (χ1n) is 9.14. The Labute approximate surface area is 161 Å². The molecule has 0 unspecified atom stereocenters. The summed E-state index contributed by atoms with van der Waals surface area (Å²) in [4.78, 5) is 12.8. The lowest BCUT2D eigenvalue weighted by molar-refractivity contribution is 0.0939. The molecule has 1 atom stereocenters. The molecule has 0 heterocycles. The average Bonchev–Trinajstić information content (AvgIpc) is 3.08. The van der Waals surface area contributed by atoms with Crippen LogP contribution in [0.15, 0.2) is 36.4 Å². The number of amides is 1. The van der Waals surface area contributed by atoms with Crippen LogP contribution in [0.1, 0.15) is 52.0 Å². The Kier molecular flexibility index (Phi) is 5.29. The Balaban J connectivity index is 1.82. The summed E-state index contributed by atoms with van der Waals surface area (Å²) in [6, 6.07) is 11.4. The number of carbonyl (C=O) groups is 1. The minimum absolute atomic E-state index is 0.126. The van der Waals surface area contributed by atoms with Gasteiger partial charge < -0.3 is 5.32 Å². The fraction of sp³-hybridized carbons (Fsp3) is 0.381. The van der Waals surface area contributed by atoms with Gasteiger partial charge in [-0.2, -0.15) is 0 Å². The van der Waals surface area contributed by atoms with E-state index in [-0.39, 0.29) is 11.9 Å². The van der Waals surface area contributed by atoms with Gasteiger partial charge in [0.15, 0.2) is 0 Å². The van der Waals surface area contributed by atoms with Crippen molar-refractivity contribution in [2.45, 2.75) is 39.2 Å². The van der Waals surface area contributed by atoms with E-state index in [1.54, 1.807) is 25.1 Å². The molecule has 1 aliphatic rings. The monoisotopic (exact) mass is 386 g/mol. The van der Waals surface area contributed by atoms with Crippen LogP contribution >= 0.6 is 0 Å². The molecule has 0 fully saturated rings. The second kappa shape index (κ2) is 7.35. The largest absolute Gasteiger partial charge is 0.346 e. The third-order valence-corrected chi connectivity index (χ3v) is 6.55. The van der Waals surface area contributed by atoms with Gasteiger partial charge in [-0.25, -0.2) is 8.42 Å². The van der Waals surface area contributed by atoms with Crippen LogP contribution in [0.3, 0.4) is 0 Å². The van der Waals surface area contributed by atoms with Gasteiger partial charge in [-0.3, -0.25) is 9.10 Å². The number of anilines is 1. The summed E-state index contributed by atoms with van der Waals surface area (Å²) in [5.41, 5.74) is 5.51. The zero-order valence-corrected chi connectivity index (χ0v) is 17.1. The smallest absolute Gasteiger partial charge is 0.252 e. The molecule has 1 amide bonds. The van der Waals surface area contributed by atoms with E-state index < -0.39 is 10.0 Å². The predicted octanol–water partition coefficient (Wildman–Crippen LogP) is 3.37. The van der Waals surface area contributed by atoms with Crippen molar-refractivity contribution in [3.63, 3.8) is 0 Å². The molecular formula is C21H26N2O3S. The summed E-state index contributed by atoms with van der Waals surface area (Å²) in [6.45, 7) is 3.74. The molecule has 0 aromatic heterocycles. The van der Waals surface area contributed by atoms with Crippen molar-refractivity contribution in [1.29, 1.82) is 0 Å². The summed E-state index contributed by atoms with van der Waals surface area (Å²) < 4.78 is 24.9. The minimum atomic E-state index is -3.39. The molecule has 144 valence electrons. The van der Waals surface area contributed by atoms with E-state index in [0.717, 1.165) is 24.7 Å². The lowest BCUT2D eigenvalue weighted by Gasteiger charge is -2.21. The van der Waals surface area contributed by atoms with Crippen molar-refractivity contribution >= 4 is 21.6 Å². The summed E-state index contributed by atoms with van der Waals surface area (Å²) in [7, 11) is -1.90. The van der Waals surface area contributed by atoms with E-state index in [1.165, 1.54) is 28.9 Å². The molecule has 0 spiro atoms. The number of fused-ring (bicyclic) bond motifs is 1. The minimum Gasteiger partial charge on any atom is -0.346 e. The number of aryl methyl sites for hydroxylation is 2. The van der Waals surface area contributed by atoms with Gasteiger partial charge in [0.05, 0.1) is 18.0 Å². The van der Waals surface area contributed by atoms with E-state index in [9.17, 15) is 13.2 Å². The van der Waals surface area contributed by atoms with Gasteiger partial charge in [0, 0.05) is 12.6 Å². The molecule has 5 nitrogen and oxygen atoms in total. The van der Waals surface area contributed by atoms with Crippen LogP contribution in [-0.2, 0) is 22.9 Å². The van der Waals surface area contributed by atoms with Crippen LogP contribution in [0.25, 0.3) is 0 Å². The lowest BCUT2D eigenvalue weighted by Crippen LogP contribution is -2.29. The fourth-order valence-corrected chi connectivity index (χ4v) is 4.16. The quantitative estimate of drug-likeness (QED) is 0.857. The highest BCUT2D eigenvalue weighted by atomic mass is 32.2. The Morgan fingerprint density at radius 1 is 1.15 bits per heavy atom. The molecule has 2 aromatic carbocycles. The molecule has 0 saturated heterocycles. The molecular weight excluding hydrogens is 360 g/mol. The Hall–Kier alpha value is -2.34. The Bertz CT molecular complexity index is 983. The first kappa shape index (κ1) is 19.4. The van der Waals surface area contributed by atoms with Crippen LogP contribution in [0.4, 0.5) is 5.69 Å².